The summed E-state index contributed by atoms with van der Waals surface area (Å²) in [5.74, 6) is -0.784. The maximum absolute atomic E-state index is 13.8. The second-order valence-corrected chi connectivity index (χ2v) is 8.31. The summed E-state index contributed by atoms with van der Waals surface area (Å²) < 4.78 is 53.6. The van der Waals surface area contributed by atoms with Crippen molar-refractivity contribution in [3.63, 3.8) is 0 Å². The van der Waals surface area contributed by atoms with Crippen LogP contribution in [-0.4, -0.2) is 24.0 Å². The zero-order valence-electron chi connectivity index (χ0n) is 18.2. The van der Waals surface area contributed by atoms with Gasteiger partial charge in [-0.2, -0.15) is 13.2 Å². The molecule has 9 heteroatoms. The molecule has 0 spiro atoms. The second kappa shape index (κ2) is 9.75. The molecule has 174 valence electrons. The van der Waals surface area contributed by atoms with Crippen molar-refractivity contribution in [1.82, 2.24) is 10.3 Å². The van der Waals surface area contributed by atoms with Gasteiger partial charge in [-0.15, -0.1) is 0 Å². The van der Waals surface area contributed by atoms with E-state index < -0.39 is 23.6 Å². The van der Waals surface area contributed by atoms with Crippen LogP contribution in [0.1, 0.15) is 55.8 Å². The Morgan fingerprint density at radius 1 is 1.25 bits per heavy atom. The molecule has 3 rings (SSSR count). The number of nitrogen functional groups attached to an aromatic ring is 1. The number of carbonyl (C=O) groups excluding carboxylic acids is 1. The maximum Gasteiger partial charge on any atom is 0.433 e. The van der Waals surface area contributed by atoms with Crippen molar-refractivity contribution in [1.29, 1.82) is 0 Å². The predicted molar refractivity (Wildman–Crippen MR) is 116 cm³/mol. The van der Waals surface area contributed by atoms with E-state index in [0.717, 1.165) is 18.9 Å². The van der Waals surface area contributed by atoms with Crippen LogP contribution in [0.4, 0.5) is 29.1 Å². The number of pyridine rings is 1. The first kappa shape index (κ1) is 23.8. The third-order valence-corrected chi connectivity index (χ3v) is 5.93. The van der Waals surface area contributed by atoms with Crippen molar-refractivity contribution in [3.05, 3.63) is 53.0 Å². The highest BCUT2D eigenvalue weighted by Gasteiger charge is 2.34. The third kappa shape index (κ3) is 5.49. The molecule has 1 atom stereocenters. The van der Waals surface area contributed by atoms with Crippen LogP contribution in [0.25, 0.3) is 0 Å². The van der Waals surface area contributed by atoms with E-state index in [2.05, 4.69) is 17.2 Å². The lowest BCUT2D eigenvalue weighted by Gasteiger charge is -2.33. The standard InChI is InChI=1S/C23H28F4N4O/c1-3-17(15-4-6-19(28)18(24)12-15)22(32)29-13-16-5-7-20(23(25,26)27)30-21(16)31-10-8-14(2)9-11-31/h4-7,12,14,17H,3,8-11,13,28H2,1-2H3,(H,29,32). The molecular formula is C23H28F4N4O. The molecular weight excluding hydrogens is 424 g/mol. The molecule has 1 aromatic heterocycles. The van der Waals surface area contributed by atoms with Gasteiger partial charge < -0.3 is 16.0 Å². The van der Waals surface area contributed by atoms with Crippen LogP contribution in [0, 0.1) is 11.7 Å². The molecule has 0 aliphatic carbocycles. The number of alkyl halides is 3. The molecule has 1 unspecified atom stereocenters. The van der Waals surface area contributed by atoms with Crippen LogP contribution in [0.15, 0.2) is 30.3 Å². The predicted octanol–water partition coefficient (Wildman–Crippen LogP) is 4.87. The van der Waals surface area contributed by atoms with Crippen LogP contribution >= 0.6 is 0 Å². The zero-order chi connectivity index (χ0) is 23.5. The van der Waals surface area contributed by atoms with Gasteiger partial charge in [0.05, 0.1) is 11.6 Å². The first-order valence-corrected chi connectivity index (χ1v) is 10.7. The number of nitrogens with zero attached hydrogens (tertiary/aromatic N) is 2. The first-order valence-electron chi connectivity index (χ1n) is 10.7. The number of piperidine rings is 1. The van der Waals surface area contributed by atoms with E-state index in [4.69, 9.17) is 5.73 Å². The minimum Gasteiger partial charge on any atom is -0.396 e. The molecule has 3 N–H and O–H groups in total. The zero-order valence-corrected chi connectivity index (χ0v) is 18.2. The number of amides is 1. The molecule has 5 nitrogen and oxygen atoms in total. The van der Waals surface area contributed by atoms with Gasteiger partial charge in [-0.25, -0.2) is 9.37 Å². The molecule has 1 aromatic carbocycles. The molecule has 0 radical (unpaired) electrons. The van der Waals surface area contributed by atoms with E-state index in [1.807, 2.05) is 4.90 Å². The Morgan fingerprint density at radius 2 is 1.94 bits per heavy atom. The fourth-order valence-electron chi connectivity index (χ4n) is 3.91. The Balaban J connectivity index is 1.80. The van der Waals surface area contributed by atoms with Gasteiger partial charge in [0.15, 0.2) is 0 Å². The number of anilines is 2. The highest BCUT2D eigenvalue weighted by molar-refractivity contribution is 5.83. The van der Waals surface area contributed by atoms with E-state index in [9.17, 15) is 22.4 Å². The SMILES string of the molecule is CCC(C(=O)NCc1ccc(C(F)(F)F)nc1N1CCC(C)CC1)c1ccc(N)c(F)c1. The Kier molecular flexibility index (Phi) is 7.26. The van der Waals surface area contributed by atoms with E-state index >= 15 is 0 Å². The van der Waals surface area contributed by atoms with Gasteiger partial charge in [0.1, 0.15) is 17.3 Å². The van der Waals surface area contributed by atoms with Crippen molar-refractivity contribution < 1.29 is 22.4 Å². The average molecular weight is 452 g/mol. The van der Waals surface area contributed by atoms with Crippen molar-refractivity contribution in [2.24, 2.45) is 5.92 Å². The number of halogens is 4. The monoisotopic (exact) mass is 452 g/mol. The highest BCUT2D eigenvalue weighted by atomic mass is 19.4. The van der Waals surface area contributed by atoms with Crippen molar-refractivity contribution in [2.75, 3.05) is 23.7 Å². The van der Waals surface area contributed by atoms with Crippen LogP contribution in [0.5, 0.6) is 0 Å². The fraction of sp³-hybridized carbons (Fsp3) is 0.478. The van der Waals surface area contributed by atoms with Gasteiger partial charge in [-0.05, 0) is 48.9 Å². The Labute approximate surface area is 185 Å². The number of aromatic nitrogens is 1. The van der Waals surface area contributed by atoms with Gasteiger partial charge in [-0.1, -0.05) is 26.0 Å². The normalized spacial score (nSPS) is 16.1. The Morgan fingerprint density at radius 3 is 2.53 bits per heavy atom. The molecule has 0 bridgehead atoms. The fourth-order valence-corrected chi connectivity index (χ4v) is 3.91. The quantitative estimate of drug-likeness (QED) is 0.485. The second-order valence-electron chi connectivity index (χ2n) is 8.31. The number of nitrogens with one attached hydrogen (secondary N) is 1. The lowest BCUT2D eigenvalue weighted by molar-refractivity contribution is -0.141. The number of hydrogen-bond acceptors (Lipinski definition) is 4. The Hall–Kier alpha value is -2.84. The highest BCUT2D eigenvalue weighted by Crippen LogP contribution is 2.32. The molecule has 1 fully saturated rings. The number of rotatable bonds is 6. The number of nitrogens with two attached hydrogens (primary N) is 1. The van der Waals surface area contributed by atoms with Crippen molar-refractivity contribution >= 4 is 17.4 Å². The Bertz CT molecular complexity index is 955. The number of carbonyl (C=O) groups is 1. The first-order chi connectivity index (χ1) is 15.1. The minimum absolute atomic E-state index is 0.000307. The molecule has 1 aliphatic rings. The molecule has 1 aliphatic heterocycles. The van der Waals surface area contributed by atoms with Gasteiger partial charge >= 0.3 is 6.18 Å². The van der Waals surface area contributed by atoms with E-state index in [-0.39, 0.29) is 24.0 Å². The largest absolute Gasteiger partial charge is 0.433 e. The van der Waals surface area contributed by atoms with Gasteiger partial charge in [0.2, 0.25) is 5.91 Å². The molecule has 32 heavy (non-hydrogen) atoms. The third-order valence-electron chi connectivity index (χ3n) is 5.93. The van der Waals surface area contributed by atoms with E-state index in [0.29, 0.717) is 36.6 Å². The van der Waals surface area contributed by atoms with Crippen molar-refractivity contribution in [3.8, 4) is 0 Å². The summed E-state index contributed by atoms with van der Waals surface area (Å²) in [7, 11) is 0. The molecule has 1 amide bonds. The summed E-state index contributed by atoms with van der Waals surface area (Å²) in [6.07, 6.45) is -2.39. The summed E-state index contributed by atoms with van der Waals surface area (Å²) in [5.41, 5.74) is 5.57. The number of hydrogen-bond donors (Lipinski definition) is 2. The molecule has 2 aromatic rings. The minimum atomic E-state index is -4.55. The van der Waals surface area contributed by atoms with Crippen LogP contribution < -0.4 is 16.0 Å². The van der Waals surface area contributed by atoms with Gasteiger partial charge in [0.25, 0.3) is 0 Å². The van der Waals surface area contributed by atoms with Crippen molar-refractivity contribution in [2.45, 2.75) is 51.7 Å². The van der Waals surface area contributed by atoms with Crippen LogP contribution in [0.2, 0.25) is 0 Å². The van der Waals surface area contributed by atoms with E-state index in [1.165, 1.54) is 18.2 Å². The smallest absolute Gasteiger partial charge is 0.396 e. The van der Waals surface area contributed by atoms with E-state index in [1.54, 1.807) is 13.0 Å². The summed E-state index contributed by atoms with van der Waals surface area (Å²) in [4.78, 5) is 18.6. The molecule has 0 saturated carbocycles. The molecule has 2 heterocycles. The molecule has 1 saturated heterocycles. The topological polar surface area (TPSA) is 71.2 Å². The van der Waals surface area contributed by atoms with Crippen LogP contribution in [-0.2, 0) is 17.5 Å². The average Bonchev–Trinajstić information content (AvgIpc) is 2.75. The summed E-state index contributed by atoms with van der Waals surface area (Å²) in [6, 6.07) is 6.56. The summed E-state index contributed by atoms with van der Waals surface area (Å²) >= 11 is 0. The van der Waals surface area contributed by atoms with Gasteiger partial charge in [-0.3, -0.25) is 4.79 Å². The summed E-state index contributed by atoms with van der Waals surface area (Å²) in [5, 5.41) is 2.79. The van der Waals surface area contributed by atoms with Gasteiger partial charge in [0, 0.05) is 25.2 Å². The number of benzene rings is 1. The summed E-state index contributed by atoms with van der Waals surface area (Å²) in [6.45, 7) is 5.16. The lowest BCUT2D eigenvalue weighted by atomic mass is 9.95. The lowest BCUT2D eigenvalue weighted by Crippen LogP contribution is -2.36. The van der Waals surface area contributed by atoms with Crippen LogP contribution in [0.3, 0.4) is 0 Å². The maximum atomic E-state index is 13.8.